The van der Waals surface area contributed by atoms with Gasteiger partial charge in [0.05, 0.1) is 6.04 Å². The van der Waals surface area contributed by atoms with E-state index in [4.69, 9.17) is 0 Å². The number of anilines is 1. The zero-order valence-electron chi connectivity index (χ0n) is 13.7. The number of hydrogen-bond donors (Lipinski definition) is 2. The second-order valence-corrected chi connectivity index (χ2v) is 6.09. The molecule has 2 aromatic rings. The molecule has 24 heavy (non-hydrogen) atoms. The van der Waals surface area contributed by atoms with E-state index >= 15 is 0 Å². The van der Waals surface area contributed by atoms with Gasteiger partial charge in [-0.2, -0.15) is 0 Å². The number of hydrogen-bond acceptors (Lipinski definition) is 4. The molecule has 2 unspecified atom stereocenters. The number of nitrogens with one attached hydrogen (secondary N) is 2. The number of piperidine rings is 1. The summed E-state index contributed by atoms with van der Waals surface area (Å²) in [4.78, 5) is 31.9. The van der Waals surface area contributed by atoms with Crippen LogP contribution in [0.15, 0.2) is 36.7 Å². The van der Waals surface area contributed by atoms with Crippen LogP contribution in [0.25, 0.3) is 0 Å². The summed E-state index contributed by atoms with van der Waals surface area (Å²) in [7, 11) is 0. The van der Waals surface area contributed by atoms with Crippen molar-refractivity contribution in [2.24, 2.45) is 0 Å². The van der Waals surface area contributed by atoms with E-state index in [2.05, 4.69) is 20.6 Å². The Morgan fingerprint density at radius 2 is 2.12 bits per heavy atom. The quantitative estimate of drug-likeness (QED) is 0.908. The van der Waals surface area contributed by atoms with Gasteiger partial charge in [-0.3, -0.25) is 14.6 Å². The molecule has 0 aromatic carbocycles. The van der Waals surface area contributed by atoms with Crippen LogP contribution in [-0.2, 0) is 9.59 Å². The number of amides is 2. The van der Waals surface area contributed by atoms with Gasteiger partial charge in [-0.1, -0.05) is 6.07 Å². The Kier molecular flexibility index (Phi) is 4.55. The molecule has 0 aliphatic carbocycles. The van der Waals surface area contributed by atoms with Gasteiger partial charge in [-0.15, -0.1) is 0 Å². The lowest BCUT2D eigenvalue weighted by molar-refractivity contribution is -0.124. The molecule has 2 aromatic heterocycles. The van der Waals surface area contributed by atoms with Gasteiger partial charge in [0.1, 0.15) is 5.82 Å². The molecule has 0 radical (unpaired) electrons. The van der Waals surface area contributed by atoms with E-state index in [1.807, 2.05) is 31.2 Å². The first-order valence-corrected chi connectivity index (χ1v) is 7.97. The predicted molar refractivity (Wildman–Crippen MR) is 90.4 cm³/mol. The van der Waals surface area contributed by atoms with E-state index in [1.54, 1.807) is 12.4 Å². The Morgan fingerprint density at radius 3 is 2.88 bits per heavy atom. The number of pyridine rings is 2. The molecule has 1 fully saturated rings. The highest BCUT2D eigenvalue weighted by Crippen LogP contribution is 2.35. The summed E-state index contributed by atoms with van der Waals surface area (Å²) in [5.74, 6) is 0.459. The van der Waals surface area contributed by atoms with E-state index < -0.39 is 0 Å². The molecule has 6 heteroatoms. The van der Waals surface area contributed by atoms with Gasteiger partial charge in [0, 0.05) is 31.4 Å². The molecule has 0 bridgehead atoms. The van der Waals surface area contributed by atoms with Crippen LogP contribution in [0.5, 0.6) is 0 Å². The Morgan fingerprint density at radius 1 is 1.29 bits per heavy atom. The van der Waals surface area contributed by atoms with E-state index in [0.717, 1.165) is 23.2 Å². The van der Waals surface area contributed by atoms with Crippen LogP contribution in [0, 0.1) is 6.92 Å². The minimum atomic E-state index is -0.162. The van der Waals surface area contributed by atoms with Crippen LogP contribution in [0.3, 0.4) is 0 Å². The third kappa shape index (κ3) is 3.59. The lowest BCUT2D eigenvalue weighted by Gasteiger charge is -2.31. The first-order chi connectivity index (χ1) is 11.5. The number of carbonyl (C=O) groups is 2. The summed E-state index contributed by atoms with van der Waals surface area (Å²) in [6, 6.07) is 7.59. The molecule has 2 amide bonds. The van der Waals surface area contributed by atoms with Gasteiger partial charge >= 0.3 is 0 Å². The average molecular weight is 324 g/mol. The van der Waals surface area contributed by atoms with Gasteiger partial charge in [0.25, 0.3) is 0 Å². The van der Waals surface area contributed by atoms with E-state index in [0.29, 0.717) is 12.2 Å². The van der Waals surface area contributed by atoms with Crippen molar-refractivity contribution in [2.75, 3.05) is 5.32 Å². The highest BCUT2D eigenvalue weighted by atomic mass is 16.2. The van der Waals surface area contributed by atoms with Crippen molar-refractivity contribution in [1.29, 1.82) is 0 Å². The van der Waals surface area contributed by atoms with Crippen LogP contribution in [0.1, 0.15) is 48.5 Å². The summed E-state index contributed by atoms with van der Waals surface area (Å²) in [6.45, 7) is 3.40. The van der Waals surface area contributed by atoms with Gasteiger partial charge in [-0.05, 0) is 48.6 Å². The monoisotopic (exact) mass is 324 g/mol. The molecule has 2 atom stereocenters. The van der Waals surface area contributed by atoms with E-state index in [1.165, 1.54) is 6.92 Å². The minimum absolute atomic E-state index is 0.0254. The fourth-order valence-corrected chi connectivity index (χ4v) is 3.18. The lowest BCUT2D eigenvalue weighted by atomic mass is 9.83. The lowest BCUT2D eigenvalue weighted by Crippen LogP contribution is -2.36. The summed E-state index contributed by atoms with van der Waals surface area (Å²) >= 11 is 0. The number of aryl methyl sites for hydroxylation is 1. The maximum atomic E-state index is 12.2. The van der Waals surface area contributed by atoms with Gasteiger partial charge in [-0.25, -0.2) is 4.98 Å². The maximum absolute atomic E-state index is 12.2. The molecule has 124 valence electrons. The van der Waals surface area contributed by atoms with Gasteiger partial charge in [0.15, 0.2) is 0 Å². The maximum Gasteiger partial charge on any atom is 0.222 e. The van der Waals surface area contributed by atoms with Crippen molar-refractivity contribution in [3.63, 3.8) is 0 Å². The van der Waals surface area contributed by atoms with Crippen LogP contribution in [0.2, 0.25) is 0 Å². The fraction of sp³-hybridized carbons (Fsp3) is 0.333. The highest BCUT2D eigenvalue weighted by Gasteiger charge is 2.29. The average Bonchev–Trinajstić information content (AvgIpc) is 2.54. The second-order valence-electron chi connectivity index (χ2n) is 6.09. The minimum Gasteiger partial charge on any atom is -0.349 e. The third-order valence-electron chi connectivity index (χ3n) is 4.27. The van der Waals surface area contributed by atoms with E-state index in [9.17, 15) is 9.59 Å². The number of carbonyl (C=O) groups excluding carboxylic acids is 2. The van der Waals surface area contributed by atoms with Crippen LogP contribution >= 0.6 is 0 Å². The molecule has 0 spiro atoms. The molecule has 6 nitrogen and oxygen atoms in total. The SMILES string of the molecule is CC(=O)Nc1cc(C2CC(=O)NC(c3cccnc3C)C2)ccn1. The normalized spacial score (nSPS) is 20.3. The largest absolute Gasteiger partial charge is 0.349 e. The summed E-state index contributed by atoms with van der Waals surface area (Å²) in [5.41, 5.74) is 2.99. The van der Waals surface area contributed by atoms with Crippen molar-refractivity contribution in [3.8, 4) is 0 Å². The van der Waals surface area contributed by atoms with E-state index in [-0.39, 0.29) is 23.8 Å². The summed E-state index contributed by atoms with van der Waals surface area (Å²) < 4.78 is 0. The Balaban J connectivity index is 1.85. The van der Waals surface area contributed by atoms with Crippen molar-refractivity contribution >= 4 is 17.6 Å². The van der Waals surface area contributed by atoms with Crippen LogP contribution in [-0.4, -0.2) is 21.8 Å². The predicted octanol–water partition coefficient (Wildman–Crippen LogP) is 2.48. The Bertz CT molecular complexity index is 775. The number of nitrogens with zero attached hydrogens (tertiary/aromatic N) is 2. The van der Waals surface area contributed by atoms with Crippen molar-refractivity contribution in [2.45, 2.75) is 38.6 Å². The number of aromatic nitrogens is 2. The van der Waals surface area contributed by atoms with Crippen LogP contribution in [0.4, 0.5) is 5.82 Å². The molecule has 1 saturated heterocycles. The Labute approximate surface area is 140 Å². The highest BCUT2D eigenvalue weighted by molar-refractivity contribution is 5.87. The van der Waals surface area contributed by atoms with Crippen molar-refractivity contribution in [1.82, 2.24) is 15.3 Å². The van der Waals surface area contributed by atoms with Crippen LogP contribution < -0.4 is 10.6 Å². The zero-order chi connectivity index (χ0) is 17.1. The summed E-state index contributed by atoms with van der Waals surface area (Å²) in [5, 5.41) is 5.74. The molecular weight excluding hydrogens is 304 g/mol. The van der Waals surface area contributed by atoms with Crippen molar-refractivity contribution < 1.29 is 9.59 Å². The van der Waals surface area contributed by atoms with Gasteiger partial charge < -0.3 is 10.6 Å². The van der Waals surface area contributed by atoms with Gasteiger partial charge in [0.2, 0.25) is 11.8 Å². The first kappa shape index (κ1) is 16.1. The zero-order valence-corrected chi connectivity index (χ0v) is 13.7. The molecular formula is C18H20N4O2. The molecule has 2 N–H and O–H groups in total. The topological polar surface area (TPSA) is 84.0 Å². The molecule has 3 heterocycles. The Hall–Kier alpha value is -2.76. The summed E-state index contributed by atoms with van der Waals surface area (Å²) in [6.07, 6.45) is 4.64. The molecule has 1 aliphatic heterocycles. The second kappa shape index (κ2) is 6.78. The standard InChI is InChI=1S/C18H20N4O2/c1-11-15(4-3-6-19-11)16-8-14(10-18(24)22-16)13-5-7-20-17(9-13)21-12(2)23/h3-7,9,14,16H,8,10H2,1-2H3,(H,22,24)(H,20,21,23). The van der Waals surface area contributed by atoms with Crippen molar-refractivity contribution in [3.05, 3.63) is 53.5 Å². The first-order valence-electron chi connectivity index (χ1n) is 7.97. The third-order valence-corrected chi connectivity index (χ3v) is 4.27. The molecule has 3 rings (SSSR count). The number of rotatable bonds is 3. The molecule has 0 saturated carbocycles. The fourth-order valence-electron chi connectivity index (χ4n) is 3.18. The molecule has 1 aliphatic rings. The smallest absolute Gasteiger partial charge is 0.222 e.